The fourth-order valence-corrected chi connectivity index (χ4v) is 1.35. The van der Waals surface area contributed by atoms with E-state index in [-0.39, 0.29) is 0 Å². The van der Waals surface area contributed by atoms with Crippen LogP contribution < -0.4 is 0 Å². The molecule has 0 amide bonds. The fraction of sp³-hybridized carbons (Fsp3) is 1.00. The van der Waals surface area contributed by atoms with Crippen LogP contribution >= 0.6 is 0 Å². The fourth-order valence-electron chi connectivity index (χ4n) is 1.35. The van der Waals surface area contributed by atoms with Crippen LogP contribution in [0.1, 0.15) is 0 Å². The highest BCUT2D eigenvalue weighted by molar-refractivity contribution is 4.90. The average molecular weight is 194 g/mol. The summed E-state index contributed by atoms with van der Waals surface area (Å²) in [5.74, 6) is 0. The molecule has 13 heavy (non-hydrogen) atoms. The Kier molecular flexibility index (Phi) is 3.60. The Morgan fingerprint density at radius 3 is 2.46 bits per heavy atom. The van der Waals surface area contributed by atoms with Crippen molar-refractivity contribution in [2.75, 3.05) is 13.7 Å². The molecule has 1 aliphatic heterocycles. The second-order valence-corrected chi connectivity index (χ2v) is 2.93. The summed E-state index contributed by atoms with van der Waals surface area (Å²) in [5, 5.41) is 36.4. The maximum atomic E-state index is 9.44. The predicted octanol–water partition coefficient (Wildman–Crippen LogP) is -2.57. The summed E-state index contributed by atoms with van der Waals surface area (Å²) < 4.78 is 9.54. The molecule has 0 aromatic heterocycles. The third-order valence-corrected chi connectivity index (χ3v) is 2.09. The van der Waals surface area contributed by atoms with Crippen LogP contribution in [0.25, 0.3) is 0 Å². The van der Waals surface area contributed by atoms with Crippen molar-refractivity contribution in [3.05, 3.63) is 0 Å². The predicted molar refractivity (Wildman–Crippen MR) is 40.8 cm³/mol. The SMILES string of the molecule is CO[C@@H]1[C@@H](O)[C@@H]([C@@H](O)CO)O[C@@H]1O. The number of hydrogen-bond acceptors (Lipinski definition) is 6. The highest BCUT2D eigenvalue weighted by Crippen LogP contribution is 2.23. The molecule has 0 aromatic rings. The van der Waals surface area contributed by atoms with Gasteiger partial charge < -0.3 is 29.9 Å². The zero-order valence-electron chi connectivity index (χ0n) is 7.20. The van der Waals surface area contributed by atoms with Crippen molar-refractivity contribution >= 4 is 0 Å². The van der Waals surface area contributed by atoms with Gasteiger partial charge in [0.25, 0.3) is 0 Å². The maximum absolute atomic E-state index is 9.44. The van der Waals surface area contributed by atoms with Crippen LogP contribution in [0, 0.1) is 0 Å². The van der Waals surface area contributed by atoms with Gasteiger partial charge in [-0.1, -0.05) is 0 Å². The van der Waals surface area contributed by atoms with Gasteiger partial charge in [0.05, 0.1) is 6.61 Å². The molecule has 1 aliphatic rings. The Morgan fingerprint density at radius 1 is 1.46 bits per heavy atom. The summed E-state index contributed by atoms with van der Waals surface area (Å²) in [7, 11) is 1.31. The van der Waals surface area contributed by atoms with Gasteiger partial charge in [-0.2, -0.15) is 0 Å². The van der Waals surface area contributed by atoms with Crippen molar-refractivity contribution in [3.63, 3.8) is 0 Å². The lowest BCUT2D eigenvalue weighted by Gasteiger charge is -2.19. The molecular formula is C7H14O6. The van der Waals surface area contributed by atoms with Gasteiger partial charge in [0.2, 0.25) is 0 Å². The van der Waals surface area contributed by atoms with Crippen LogP contribution in [0.15, 0.2) is 0 Å². The average Bonchev–Trinajstić information content (AvgIpc) is 2.40. The molecule has 5 atom stereocenters. The van der Waals surface area contributed by atoms with Crippen LogP contribution in [-0.4, -0.2) is 64.8 Å². The van der Waals surface area contributed by atoms with Gasteiger partial charge in [0, 0.05) is 7.11 Å². The number of rotatable bonds is 3. The van der Waals surface area contributed by atoms with Crippen molar-refractivity contribution in [3.8, 4) is 0 Å². The lowest BCUT2D eigenvalue weighted by Crippen LogP contribution is -2.41. The molecule has 0 saturated carbocycles. The minimum Gasteiger partial charge on any atom is -0.394 e. The van der Waals surface area contributed by atoms with E-state index in [9.17, 15) is 10.2 Å². The quantitative estimate of drug-likeness (QED) is 0.394. The van der Waals surface area contributed by atoms with Crippen LogP contribution in [0.4, 0.5) is 0 Å². The zero-order chi connectivity index (χ0) is 10.0. The van der Waals surface area contributed by atoms with Crippen molar-refractivity contribution in [2.45, 2.75) is 30.7 Å². The summed E-state index contributed by atoms with van der Waals surface area (Å²) in [6.45, 7) is -0.537. The third-order valence-electron chi connectivity index (χ3n) is 2.09. The Balaban J connectivity index is 2.61. The number of aliphatic hydroxyl groups excluding tert-OH is 4. The molecule has 1 fully saturated rings. The van der Waals surface area contributed by atoms with Crippen LogP contribution in [0.2, 0.25) is 0 Å². The van der Waals surface area contributed by atoms with E-state index in [1.807, 2.05) is 0 Å². The molecule has 0 aromatic carbocycles. The summed E-state index contributed by atoms with van der Waals surface area (Å²) in [6.07, 6.45) is -5.52. The third kappa shape index (κ3) is 1.98. The molecule has 78 valence electrons. The molecule has 0 bridgehead atoms. The van der Waals surface area contributed by atoms with E-state index in [0.29, 0.717) is 0 Å². The van der Waals surface area contributed by atoms with Gasteiger partial charge >= 0.3 is 0 Å². The first-order chi connectivity index (χ1) is 6.11. The normalized spacial score (nSPS) is 42.2. The summed E-state index contributed by atoms with van der Waals surface area (Å²) in [4.78, 5) is 0. The number of aliphatic hydroxyl groups is 4. The number of hydrogen-bond donors (Lipinski definition) is 4. The first kappa shape index (κ1) is 10.8. The molecule has 0 aliphatic carbocycles. The van der Waals surface area contributed by atoms with Gasteiger partial charge in [-0.25, -0.2) is 0 Å². The molecule has 0 radical (unpaired) electrons. The molecular weight excluding hydrogens is 180 g/mol. The lowest BCUT2D eigenvalue weighted by molar-refractivity contribution is -0.154. The number of methoxy groups -OCH3 is 1. The topological polar surface area (TPSA) is 99.4 Å². The van der Waals surface area contributed by atoms with E-state index in [1.54, 1.807) is 0 Å². The first-order valence-corrected chi connectivity index (χ1v) is 3.95. The summed E-state index contributed by atoms with van der Waals surface area (Å²) >= 11 is 0. The zero-order valence-corrected chi connectivity index (χ0v) is 7.20. The van der Waals surface area contributed by atoms with E-state index in [4.69, 9.17) is 19.7 Å². The van der Waals surface area contributed by atoms with E-state index in [2.05, 4.69) is 0 Å². The molecule has 6 nitrogen and oxygen atoms in total. The smallest absolute Gasteiger partial charge is 0.184 e. The summed E-state index contributed by atoms with van der Waals surface area (Å²) in [5.41, 5.74) is 0. The Hall–Kier alpha value is -0.240. The van der Waals surface area contributed by atoms with Crippen molar-refractivity contribution in [1.29, 1.82) is 0 Å². The van der Waals surface area contributed by atoms with Gasteiger partial charge in [0.15, 0.2) is 6.29 Å². The van der Waals surface area contributed by atoms with Gasteiger partial charge in [-0.05, 0) is 0 Å². The van der Waals surface area contributed by atoms with Gasteiger partial charge in [0.1, 0.15) is 24.4 Å². The van der Waals surface area contributed by atoms with E-state index >= 15 is 0 Å². The second-order valence-electron chi connectivity index (χ2n) is 2.93. The highest BCUT2D eigenvalue weighted by Gasteiger charge is 2.46. The van der Waals surface area contributed by atoms with Crippen molar-refractivity contribution in [1.82, 2.24) is 0 Å². The molecule has 0 spiro atoms. The molecule has 6 heteroatoms. The minimum atomic E-state index is -1.27. The second kappa shape index (κ2) is 4.32. The Morgan fingerprint density at radius 2 is 2.08 bits per heavy atom. The van der Waals surface area contributed by atoms with Crippen LogP contribution in [0.3, 0.4) is 0 Å². The van der Waals surface area contributed by atoms with Gasteiger partial charge in [-0.15, -0.1) is 0 Å². The summed E-state index contributed by atoms with van der Waals surface area (Å²) in [6, 6.07) is 0. The van der Waals surface area contributed by atoms with Crippen molar-refractivity contribution in [2.24, 2.45) is 0 Å². The monoisotopic (exact) mass is 194 g/mol. The lowest BCUT2D eigenvalue weighted by atomic mass is 10.1. The molecule has 0 unspecified atom stereocenters. The molecule has 4 N–H and O–H groups in total. The van der Waals surface area contributed by atoms with Crippen molar-refractivity contribution < 1.29 is 29.9 Å². The van der Waals surface area contributed by atoms with E-state index in [1.165, 1.54) is 7.11 Å². The minimum absolute atomic E-state index is 0.537. The molecule has 1 rings (SSSR count). The first-order valence-electron chi connectivity index (χ1n) is 3.95. The molecule has 1 heterocycles. The Bertz CT molecular complexity index is 163. The molecule has 1 saturated heterocycles. The largest absolute Gasteiger partial charge is 0.394 e. The van der Waals surface area contributed by atoms with Crippen LogP contribution in [-0.2, 0) is 9.47 Å². The maximum Gasteiger partial charge on any atom is 0.184 e. The standard InChI is InChI=1S/C7H14O6/c1-12-6-4(10)5(3(9)2-8)13-7(6)11/h3-11H,2H2,1H3/t3-,4-,5+,6+,7-/m0/s1. The van der Waals surface area contributed by atoms with E-state index in [0.717, 1.165) is 0 Å². The number of ether oxygens (including phenoxy) is 2. The highest BCUT2D eigenvalue weighted by atomic mass is 16.7. The van der Waals surface area contributed by atoms with Gasteiger partial charge in [-0.3, -0.25) is 0 Å². The van der Waals surface area contributed by atoms with E-state index < -0.39 is 37.3 Å². The van der Waals surface area contributed by atoms with Crippen LogP contribution in [0.5, 0.6) is 0 Å². The Labute approximate surface area is 75.3 Å².